The van der Waals surface area contributed by atoms with Crippen LogP contribution in [0, 0.1) is 0 Å². The van der Waals surface area contributed by atoms with E-state index in [1.807, 2.05) is 6.92 Å². The first-order valence-electron chi connectivity index (χ1n) is 6.54. The van der Waals surface area contributed by atoms with Gasteiger partial charge in [-0.2, -0.15) is 15.0 Å². The molecule has 0 unspecified atom stereocenters. The lowest BCUT2D eigenvalue weighted by atomic mass is 10.5. The zero-order valence-electron chi connectivity index (χ0n) is 12.2. The van der Waals surface area contributed by atoms with Crippen LogP contribution in [0.2, 0.25) is 0 Å². The quantitative estimate of drug-likeness (QED) is 0.751. The summed E-state index contributed by atoms with van der Waals surface area (Å²) in [6.07, 6.45) is 4.98. The van der Waals surface area contributed by atoms with Gasteiger partial charge in [0, 0.05) is 33.0 Å². The van der Waals surface area contributed by atoms with Gasteiger partial charge >= 0.3 is 0 Å². The van der Waals surface area contributed by atoms with E-state index < -0.39 is 0 Å². The Balaban J connectivity index is 2.26. The van der Waals surface area contributed by atoms with Crippen LogP contribution in [-0.2, 0) is 4.79 Å². The van der Waals surface area contributed by atoms with Crippen LogP contribution in [0.3, 0.4) is 0 Å². The van der Waals surface area contributed by atoms with Crippen molar-refractivity contribution < 1.29 is 4.79 Å². The molecule has 0 aliphatic rings. The van der Waals surface area contributed by atoms with Crippen LogP contribution in [0.1, 0.15) is 6.92 Å². The van der Waals surface area contributed by atoms with Crippen LogP contribution < -0.4 is 15.5 Å². The van der Waals surface area contributed by atoms with Crippen molar-refractivity contribution in [3.63, 3.8) is 0 Å². The highest BCUT2D eigenvalue weighted by atomic mass is 16.2. The third kappa shape index (κ3) is 3.65. The predicted molar refractivity (Wildman–Crippen MR) is 78.4 cm³/mol. The summed E-state index contributed by atoms with van der Waals surface area (Å²) in [6.45, 7) is 2.63. The molecule has 2 heterocycles. The van der Waals surface area contributed by atoms with Gasteiger partial charge in [-0.3, -0.25) is 9.36 Å². The summed E-state index contributed by atoms with van der Waals surface area (Å²) in [5.41, 5.74) is 0. The number of anilines is 2. The van der Waals surface area contributed by atoms with Crippen molar-refractivity contribution in [2.75, 3.05) is 37.4 Å². The summed E-state index contributed by atoms with van der Waals surface area (Å²) in [4.78, 5) is 30.1. The minimum atomic E-state index is -0.0874. The van der Waals surface area contributed by atoms with Gasteiger partial charge in [0.25, 0.3) is 0 Å². The Morgan fingerprint density at radius 2 is 2.19 bits per heavy atom. The SMILES string of the molecule is CCNC(=O)CN(C)c1nc(NC)nc(-n2ccnc2)n1. The molecule has 2 N–H and O–H groups in total. The second kappa shape index (κ2) is 6.64. The van der Waals surface area contributed by atoms with Crippen LogP contribution in [0.25, 0.3) is 5.95 Å². The number of nitrogens with zero attached hydrogens (tertiary/aromatic N) is 6. The fourth-order valence-electron chi connectivity index (χ4n) is 1.67. The first kappa shape index (κ1) is 14.7. The molecular formula is C12H18N8O. The predicted octanol–water partition coefficient (Wildman–Crippen LogP) is -0.329. The fraction of sp³-hybridized carbons (Fsp3) is 0.417. The highest BCUT2D eigenvalue weighted by Crippen LogP contribution is 2.11. The third-order valence-corrected chi connectivity index (χ3v) is 2.67. The van der Waals surface area contributed by atoms with Gasteiger partial charge in [0.2, 0.25) is 23.8 Å². The van der Waals surface area contributed by atoms with Gasteiger partial charge in [-0.15, -0.1) is 0 Å². The maximum Gasteiger partial charge on any atom is 0.241 e. The number of likely N-dealkylation sites (N-methyl/N-ethyl adjacent to an activating group) is 2. The first-order chi connectivity index (χ1) is 10.1. The summed E-state index contributed by atoms with van der Waals surface area (Å²) in [5, 5.41) is 5.61. The van der Waals surface area contributed by atoms with E-state index in [0.29, 0.717) is 24.4 Å². The van der Waals surface area contributed by atoms with Gasteiger partial charge in [-0.1, -0.05) is 0 Å². The molecule has 9 heteroatoms. The Kier molecular flexibility index (Phi) is 4.64. The van der Waals surface area contributed by atoms with Crippen molar-refractivity contribution in [1.82, 2.24) is 29.8 Å². The van der Waals surface area contributed by atoms with E-state index in [9.17, 15) is 4.79 Å². The number of amides is 1. The van der Waals surface area contributed by atoms with Crippen molar-refractivity contribution >= 4 is 17.8 Å². The smallest absolute Gasteiger partial charge is 0.241 e. The molecule has 0 saturated heterocycles. The molecule has 2 aromatic heterocycles. The fourth-order valence-corrected chi connectivity index (χ4v) is 1.67. The number of carbonyl (C=O) groups excluding carboxylic acids is 1. The average Bonchev–Trinajstić information content (AvgIpc) is 3.01. The Morgan fingerprint density at radius 1 is 1.38 bits per heavy atom. The van der Waals surface area contributed by atoms with Gasteiger partial charge in [-0.25, -0.2) is 4.98 Å². The molecule has 0 radical (unpaired) electrons. The van der Waals surface area contributed by atoms with Crippen LogP contribution in [0.15, 0.2) is 18.7 Å². The summed E-state index contributed by atoms with van der Waals surface area (Å²) in [5.74, 6) is 1.18. The molecule has 0 atom stereocenters. The Hall–Kier alpha value is -2.71. The molecule has 0 aliphatic carbocycles. The molecule has 9 nitrogen and oxygen atoms in total. The van der Waals surface area contributed by atoms with Gasteiger partial charge in [0.15, 0.2) is 0 Å². The van der Waals surface area contributed by atoms with Gasteiger partial charge < -0.3 is 15.5 Å². The molecule has 21 heavy (non-hydrogen) atoms. The average molecular weight is 290 g/mol. The molecule has 0 bridgehead atoms. The van der Waals surface area contributed by atoms with Gasteiger partial charge in [-0.05, 0) is 6.92 Å². The van der Waals surface area contributed by atoms with Crippen LogP contribution in [0.5, 0.6) is 0 Å². The highest BCUT2D eigenvalue weighted by molar-refractivity contribution is 5.80. The van der Waals surface area contributed by atoms with E-state index in [4.69, 9.17) is 0 Å². The zero-order chi connectivity index (χ0) is 15.2. The lowest BCUT2D eigenvalue weighted by Gasteiger charge is -2.17. The molecule has 0 saturated carbocycles. The number of imidazole rings is 1. The van der Waals surface area contributed by atoms with E-state index in [1.165, 1.54) is 0 Å². The molecule has 0 spiro atoms. The van der Waals surface area contributed by atoms with Gasteiger partial charge in [0.1, 0.15) is 6.33 Å². The molecular weight excluding hydrogens is 272 g/mol. The second-order valence-corrected chi connectivity index (χ2v) is 4.29. The number of nitrogens with one attached hydrogen (secondary N) is 2. The zero-order valence-corrected chi connectivity index (χ0v) is 12.2. The van der Waals surface area contributed by atoms with Gasteiger partial charge in [0.05, 0.1) is 6.54 Å². The first-order valence-corrected chi connectivity index (χ1v) is 6.54. The normalized spacial score (nSPS) is 10.2. The number of hydrogen-bond acceptors (Lipinski definition) is 7. The molecule has 0 fully saturated rings. The van der Waals surface area contributed by atoms with Crippen molar-refractivity contribution in [1.29, 1.82) is 0 Å². The molecule has 0 aliphatic heterocycles. The summed E-state index contributed by atoms with van der Waals surface area (Å²) in [6, 6.07) is 0. The second-order valence-electron chi connectivity index (χ2n) is 4.29. The lowest BCUT2D eigenvalue weighted by Crippen LogP contribution is -2.36. The van der Waals surface area contributed by atoms with Crippen LogP contribution in [-0.4, -0.2) is 57.6 Å². The number of aromatic nitrogens is 5. The Bertz CT molecular complexity index is 597. The van der Waals surface area contributed by atoms with E-state index in [2.05, 4.69) is 30.6 Å². The lowest BCUT2D eigenvalue weighted by molar-refractivity contribution is -0.119. The number of hydrogen-bond donors (Lipinski definition) is 2. The molecule has 2 aromatic rings. The molecule has 1 amide bonds. The molecule has 112 valence electrons. The summed E-state index contributed by atoms with van der Waals surface area (Å²) >= 11 is 0. The minimum absolute atomic E-state index is 0.0874. The van der Waals surface area contributed by atoms with Crippen molar-refractivity contribution in [2.45, 2.75) is 6.92 Å². The minimum Gasteiger partial charge on any atom is -0.357 e. The van der Waals surface area contributed by atoms with Crippen molar-refractivity contribution in [3.8, 4) is 5.95 Å². The van der Waals surface area contributed by atoms with Crippen LogP contribution in [0.4, 0.5) is 11.9 Å². The van der Waals surface area contributed by atoms with E-state index in [1.54, 1.807) is 42.3 Å². The van der Waals surface area contributed by atoms with Crippen molar-refractivity contribution in [2.24, 2.45) is 0 Å². The Morgan fingerprint density at radius 3 is 2.81 bits per heavy atom. The largest absolute Gasteiger partial charge is 0.357 e. The van der Waals surface area contributed by atoms with Crippen molar-refractivity contribution in [3.05, 3.63) is 18.7 Å². The monoisotopic (exact) mass is 290 g/mol. The standard InChI is InChI=1S/C12H18N8O/c1-4-15-9(21)7-19(3)11-16-10(13-2)17-12(18-11)20-6-5-14-8-20/h5-6,8H,4,7H2,1-3H3,(H,15,21)(H,13,16,17,18). The maximum atomic E-state index is 11.6. The maximum absolute atomic E-state index is 11.6. The Labute approximate surface area is 122 Å². The molecule has 0 aromatic carbocycles. The van der Waals surface area contributed by atoms with E-state index in [-0.39, 0.29) is 12.5 Å². The van der Waals surface area contributed by atoms with E-state index in [0.717, 1.165) is 0 Å². The summed E-state index contributed by atoms with van der Waals surface area (Å²) < 4.78 is 1.67. The topological polar surface area (TPSA) is 101 Å². The summed E-state index contributed by atoms with van der Waals surface area (Å²) in [7, 11) is 3.47. The number of carbonyl (C=O) groups is 1. The third-order valence-electron chi connectivity index (χ3n) is 2.67. The molecule has 2 rings (SSSR count). The van der Waals surface area contributed by atoms with E-state index >= 15 is 0 Å². The highest BCUT2D eigenvalue weighted by Gasteiger charge is 2.13. The number of rotatable bonds is 6. The van der Waals surface area contributed by atoms with Crippen LogP contribution >= 0.6 is 0 Å².